The third-order valence-corrected chi connectivity index (χ3v) is 1.79. The highest BCUT2D eigenvalue weighted by Gasteiger charge is 2.16. The van der Waals surface area contributed by atoms with E-state index < -0.39 is 0 Å². The zero-order chi connectivity index (χ0) is 8.10. The summed E-state index contributed by atoms with van der Waals surface area (Å²) in [6.45, 7) is 4.05. The van der Waals surface area contributed by atoms with Gasteiger partial charge in [0.15, 0.2) is 0 Å². The van der Waals surface area contributed by atoms with Crippen molar-refractivity contribution in [1.29, 1.82) is 5.26 Å². The van der Waals surface area contributed by atoms with Crippen molar-refractivity contribution in [3.63, 3.8) is 0 Å². The van der Waals surface area contributed by atoms with Crippen LogP contribution in [0.3, 0.4) is 0 Å². The molecule has 2 atom stereocenters. The van der Waals surface area contributed by atoms with E-state index in [2.05, 4.69) is 0 Å². The summed E-state index contributed by atoms with van der Waals surface area (Å²) >= 11 is 0. The Balaban J connectivity index is 2.07. The van der Waals surface area contributed by atoms with E-state index in [1.807, 2.05) is 6.07 Å². The average molecular weight is 155 g/mol. The lowest BCUT2D eigenvalue weighted by molar-refractivity contribution is 0.0655. The van der Waals surface area contributed by atoms with Gasteiger partial charge in [0.2, 0.25) is 0 Å². The van der Waals surface area contributed by atoms with Crippen LogP contribution in [0.25, 0.3) is 0 Å². The van der Waals surface area contributed by atoms with E-state index in [0.717, 1.165) is 19.6 Å². The van der Waals surface area contributed by atoms with Crippen molar-refractivity contribution in [3.8, 4) is 6.07 Å². The maximum Gasteiger partial charge on any atom is 0.141 e. The van der Waals surface area contributed by atoms with E-state index in [1.54, 1.807) is 6.92 Å². The van der Waals surface area contributed by atoms with Crippen molar-refractivity contribution in [3.05, 3.63) is 0 Å². The van der Waals surface area contributed by atoms with Gasteiger partial charge in [-0.25, -0.2) is 0 Å². The molecule has 1 rings (SSSR count). The zero-order valence-corrected chi connectivity index (χ0v) is 6.75. The molecule has 1 fully saturated rings. The van der Waals surface area contributed by atoms with Gasteiger partial charge in [-0.3, -0.25) is 0 Å². The maximum absolute atomic E-state index is 8.40. The van der Waals surface area contributed by atoms with Gasteiger partial charge < -0.3 is 9.47 Å². The van der Waals surface area contributed by atoms with Crippen molar-refractivity contribution < 1.29 is 9.47 Å². The fraction of sp³-hybridized carbons (Fsp3) is 0.875. The van der Waals surface area contributed by atoms with Gasteiger partial charge >= 0.3 is 0 Å². The molecule has 0 aromatic rings. The predicted molar refractivity (Wildman–Crippen MR) is 40.0 cm³/mol. The molecule has 1 aliphatic rings. The summed E-state index contributed by atoms with van der Waals surface area (Å²) < 4.78 is 10.4. The van der Waals surface area contributed by atoms with Crippen LogP contribution in [0.2, 0.25) is 0 Å². The maximum atomic E-state index is 8.40. The quantitative estimate of drug-likeness (QED) is 0.609. The summed E-state index contributed by atoms with van der Waals surface area (Å²) in [6.07, 6.45) is 0.786. The topological polar surface area (TPSA) is 42.2 Å². The molecule has 3 heteroatoms. The number of hydrogen-bond donors (Lipinski definition) is 0. The molecule has 0 bridgehead atoms. The van der Waals surface area contributed by atoms with E-state index in [-0.39, 0.29) is 6.10 Å². The Kier molecular flexibility index (Phi) is 3.34. The van der Waals surface area contributed by atoms with Crippen LogP contribution in [0, 0.1) is 17.2 Å². The molecule has 0 saturated carbocycles. The number of hydrogen-bond acceptors (Lipinski definition) is 3. The second-order valence-electron chi connectivity index (χ2n) is 2.83. The Labute approximate surface area is 66.9 Å². The lowest BCUT2D eigenvalue weighted by Gasteiger charge is -2.09. The van der Waals surface area contributed by atoms with Crippen LogP contribution < -0.4 is 0 Å². The summed E-state index contributed by atoms with van der Waals surface area (Å²) in [5.74, 6) is 0.505. The van der Waals surface area contributed by atoms with Crippen molar-refractivity contribution in [2.24, 2.45) is 5.92 Å². The van der Waals surface area contributed by atoms with Crippen LogP contribution in [0.4, 0.5) is 0 Å². The number of ether oxygens (including phenoxy) is 2. The number of rotatable bonds is 3. The summed E-state index contributed by atoms with van der Waals surface area (Å²) in [4.78, 5) is 0. The molecule has 0 spiro atoms. The van der Waals surface area contributed by atoms with Gasteiger partial charge in [-0.15, -0.1) is 0 Å². The molecule has 11 heavy (non-hydrogen) atoms. The van der Waals surface area contributed by atoms with Gasteiger partial charge in [0.1, 0.15) is 6.10 Å². The molecule has 0 aliphatic carbocycles. The SMILES string of the molecule is CC(C#N)OCC1CCOC1. The van der Waals surface area contributed by atoms with Gasteiger partial charge in [0.25, 0.3) is 0 Å². The van der Waals surface area contributed by atoms with Crippen LogP contribution in [0.5, 0.6) is 0 Å². The Hall–Kier alpha value is -0.590. The van der Waals surface area contributed by atoms with Gasteiger partial charge in [-0.2, -0.15) is 5.26 Å². The van der Waals surface area contributed by atoms with Crippen molar-refractivity contribution in [2.75, 3.05) is 19.8 Å². The lowest BCUT2D eigenvalue weighted by atomic mass is 10.1. The van der Waals surface area contributed by atoms with E-state index in [9.17, 15) is 0 Å². The minimum Gasteiger partial charge on any atom is -0.381 e. The van der Waals surface area contributed by atoms with E-state index in [0.29, 0.717) is 12.5 Å². The molecule has 0 radical (unpaired) electrons. The fourth-order valence-corrected chi connectivity index (χ4v) is 1.03. The molecular formula is C8H13NO2. The minimum absolute atomic E-state index is 0.282. The highest BCUT2D eigenvalue weighted by atomic mass is 16.5. The van der Waals surface area contributed by atoms with Crippen LogP contribution >= 0.6 is 0 Å². The first kappa shape index (κ1) is 8.51. The zero-order valence-electron chi connectivity index (χ0n) is 6.75. The highest BCUT2D eigenvalue weighted by molar-refractivity contribution is 4.79. The first-order valence-corrected chi connectivity index (χ1v) is 3.92. The molecule has 0 aromatic heterocycles. The lowest BCUT2D eigenvalue weighted by Crippen LogP contribution is -2.14. The summed E-state index contributed by atoms with van der Waals surface area (Å²) in [5, 5.41) is 8.40. The third-order valence-electron chi connectivity index (χ3n) is 1.79. The van der Waals surface area contributed by atoms with Crippen molar-refractivity contribution in [1.82, 2.24) is 0 Å². The second kappa shape index (κ2) is 4.32. The summed E-state index contributed by atoms with van der Waals surface area (Å²) in [5.41, 5.74) is 0. The minimum atomic E-state index is -0.282. The van der Waals surface area contributed by atoms with Crippen LogP contribution in [-0.4, -0.2) is 25.9 Å². The Morgan fingerprint density at radius 3 is 3.18 bits per heavy atom. The van der Waals surface area contributed by atoms with Crippen LogP contribution in [-0.2, 0) is 9.47 Å². The largest absolute Gasteiger partial charge is 0.381 e. The van der Waals surface area contributed by atoms with E-state index in [4.69, 9.17) is 14.7 Å². The smallest absolute Gasteiger partial charge is 0.141 e. The second-order valence-corrected chi connectivity index (χ2v) is 2.83. The van der Waals surface area contributed by atoms with E-state index >= 15 is 0 Å². The molecule has 1 heterocycles. The van der Waals surface area contributed by atoms with Gasteiger partial charge in [0.05, 0.1) is 19.3 Å². The van der Waals surface area contributed by atoms with Gasteiger partial charge in [-0.05, 0) is 13.3 Å². The Morgan fingerprint density at radius 2 is 2.64 bits per heavy atom. The van der Waals surface area contributed by atoms with Crippen LogP contribution in [0.15, 0.2) is 0 Å². The fourth-order valence-electron chi connectivity index (χ4n) is 1.03. The molecule has 1 aliphatic heterocycles. The predicted octanol–water partition coefficient (Wildman–Crippen LogP) is 0.952. The average Bonchev–Trinajstić information content (AvgIpc) is 2.52. The Bertz CT molecular complexity index is 147. The van der Waals surface area contributed by atoms with Gasteiger partial charge in [0, 0.05) is 12.5 Å². The standard InChI is InChI=1S/C8H13NO2/c1-7(4-9)11-6-8-2-3-10-5-8/h7-8H,2-3,5-6H2,1H3. The first-order chi connectivity index (χ1) is 5.33. The van der Waals surface area contributed by atoms with Crippen molar-refractivity contribution in [2.45, 2.75) is 19.4 Å². The third kappa shape index (κ3) is 2.87. The molecule has 2 unspecified atom stereocenters. The molecular weight excluding hydrogens is 142 g/mol. The van der Waals surface area contributed by atoms with E-state index in [1.165, 1.54) is 0 Å². The Morgan fingerprint density at radius 1 is 1.82 bits per heavy atom. The molecule has 0 amide bonds. The highest BCUT2D eigenvalue weighted by Crippen LogP contribution is 2.12. The van der Waals surface area contributed by atoms with Gasteiger partial charge in [-0.1, -0.05) is 0 Å². The number of nitrogens with zero attached hydrogens (tertiary/aromatic N) is 1. The van der Waals surface area contributed by atoms with Crippen molar-refractivity contribution >= 4 is 0 Å². The summed E-state index contributed by atoms with van der Waals surface area (Å²) in [7, 11) is 0. The summed E-state index contributed by atoms with van der Waals surface area (Å²) in [6, 6.07) is 2.03. The molecule has 1 saturated heterocycles. The number of nitriles is 1. The molecule has 3 nitrogen and oxygen atoms in total. The molecule has 0 N–H and O–H groups in total. The van der Waals surface area contributed by atoms with Crippen LogP contribution in [0.1, 0.15) is 13.3 Å². The monoisotopic (exact) mass is 155 g/mol. The molecule has 0 aromatic carbocycles. The normalized spacial score (nSPS) is 26.4. The first-order valence-electron chi connectivity index (χ1n) is 3.92. The molecule has 62 valence electrons.